The molecule has 1 aromatic carbocycles. The van der Waals surface area contributed by atoms with Crippen LogP contribution in [0.25, 0.3) is 17.2 Å². The van der Waals surface area contributed by atoms with Gasteiger partial charge in [0.05, 0.1) is 5.75 Å². The topological polar surface area (TPSA) is 155 Å². The second-order valence-electron chi connectivity index (χ2n) is 7.20. The molecule has 12 nitrogen and oxygen atoms in total. The number of fused-ring (bicyclic) bond motifs is 1. The average molecular weight is 481 g/mol. The van der Waals surface area contributed by atoms with E-state index in [4.69, 9.17) is 0 Å². The summed E-state index contributed by atoms with van der Waals surface area (Å²) in [5.74, 6) is 1.71. The molecule has 0 saturated carbocycles. The van der Waals surface area contributed by atoms with Crippen LogP contribution in [0.5, 0.6) is 0 Å². The molecule has 4 aromatic rings. The average Bonchev–Trinajstić information content (AvgIpc) is 3.21. The van der Waals surface area contributed by atoms with Crippen molar-refractivity contribution in [3.8, 4) is 11.4 Å². The summed E-state index contributed by atoms with van der Waals surface area (Å²) in [6.07, 6.45) is 0. The van der Waals surface area contributed by atoms with E-state index in [-0.39, 0.29) is 17.2 Å². The molecule has 0 aliphatic carbocycles. The molecule has 0 radical (unpaired) electrons. The maximum atomic E-state index is 12.6. The predicted molar refractivity (Wildman–Crippen MR) is 131 cm³/mol. The molecule has 3 heterocycles. The van der Waals surface area contributed by atoms with Crippen LogP contribution in [0.2, 0.25) is 0 Å². The zero-order valence-corrected chi connectivity index (χ0v) is 19.7. The van der Waals surface area contributed by atoms with Gasteiger partial charge in [-0.1, -0.05) is 23.9 Å². The van der Waals surface area contributed by atoms with Crippen LogP contribution in [-0.4, -0.2) is 59.3 Å². The van der Waals surface area contributed by atoms with Crippen molar-refractivity contribution in [2.75, 3.05) is 34.8 Å². The molecule has 13 heteroatoms. The molecule has 0 atom stereocenters. The lowest BCUT2D eigenvalue weighted by Crippen LogP contribution is -2.15. The van der Waals surface area contributed by atoms with Gasteiger partial charge in [0, 0.05) is 36.1 Å². The van der Waals surface area contributed by atoms with Crippen molar-refractivity contribution < 1.29 is 4.79 Å². The Balaban J connectivity index is 1.48. The van der Waals surface area contributed by atoms with E-state index in [0.717, 1.165) is 0 Å². The number of nitrogens with one attached hydrogen (secondary N) is 4. The number of benzene rings is 1. The number of amides is 1. The minimum absolute atomic E-state index is 0.102. The standard InChI is InChI=1S/C21H24N10O2S/c1-4-22-18-27-19(23-5-2)31-20(28-18)29-30-21(31)34-11-16(33)25-14-8-6-7-13(10-14)17-24-12(3)9-15(32)26-17/h6-10H,4-5,11H2,1-3H3,(H,25,33)(H,24,26,32)(H2,22,23,27,28,29). The molecule has 0 spiro atoms. The van der Waals surface area contributed by atoms with Crippen molar-refractivity contribution in [1.82, 2.24) is 34.5 Å². The highest BCUT2D eigenvalue weighted by Gasteiger charge is 2.16. The van der Waals surface area contributed by atoms with Crippen molar-refractivity contribution in [2.24, 2.45) is 0 Å². The van der Waals surface area contributed by atoms with Gasteiger partial charge in [0.2, 0.25) is 17.8 Å². The summed E-state index contributed by atoms with van der Waals surface area (Å²) < 4.78 is 1.68. The number of H-pyrrole nitrogens is 1. The maximum Gasteiger partial charge on any atom is 0.261 e. The molecule has 0 aliphatic rings. The van der Waals surface area contributed by atoms with E-state index in [9.17, 15) is 9.59 Å². The largest absolute Gasteiger partial charge is 0.355 e. The molecular formula is C21H24N10O2S. The van der Waals surface area contributed by atoms with Crippen LogP contribution >= 0.6 is 11.8 Å². The molecule has 0 bridgehead atoms. The van der Waals surface area contributed by atoms with Crippen molar-refractivity contribution in [2.45, 2.75) is 25.9 Å². The van der Waals surface area contributed by atoms with Crippen molar-refractivity contribution in [3.63, 3.8) is 0 Å². The van der Waals surface area contributed by atoms with Gasteiger partial charge in [-0.15, -0.1) is 10.2 Å². The highest BCUT2D eigenvalue weighted by Crippen LogP contribution is 2.22. The SMILES string of the molecule is CCNc1nc(NCC)n2c(SCC(=O)Nc3cccc(-c4nc(C)cc(=O)[nH]4)c3)nnc2n1. The first-order valence-electron chi connectivity index (χ1n) is 10.7. The normalized spacial score (nSPS) is 10.9. The van der Waals surface area contributed by atoms with Gasteiger partial charge in [0.25, 0.3) is 11.3 Å². The third-order valence-corrected chi connectivity index (χ3v) is 5.47. The van der Waals surface area contributed by atoms with E-state index >= 15 is 0 Å². The van der Waals surface area contributed by atoms with E-state index < -0.39 is 0 Å². The molecule has 4 N–H and O–H groups in total. The number of hydrogen-bond donors (Lipinski definition) is 4. The summed E-state index contributed by atoms with van der Waals surface area (Å²) >= 11 is 1.22. The molecule has 0 aliphatic heterocycles. The quantitative estimate of drug-likeness (QED) is 0.262. The summed E-state index contributed by atoms with van der Waals surface area (Å²) in [4.78, 5) is 40.3. The van der Waals surface area contributed by atoms with Crippen molar-refractivity contribution in [1.29, 1.82) is 0 Å². The highest BCUT2D eigenvalue weighted by atomic mass is 32.2. The molecule has 4 rings (SSSR count). The minimum Gasteiger partial charge on any atom is -0.355 e. The second-order valence-corrected chi connectivity index (χ2v) is 8.14. The van der Waals surface area contributed by atoms with Gasteiger partial charge in [0.1, 0.15) is 5.82 Å². The fourth-order valence-corrected chi connectivity index (χ4v) is 3.91. The van der Waals surface area contributed by atoms with Crippen LogP contribution in [0.15, 0.2) is 40.3 Å². The minimum atomic E-state index is -0.229. The summed E-state index contributed by atoms with van der Waals surface area (Å²) in [5.41, 5.74) is 1.67. The van der Waals surface area contributed by atoms with Crippen LogP contribution in [0.4, 0.5) is 17.6 Å². The van der Waals surface area contributed by atoms with Gasteiger partial charge >= 0.3 is 0 Å². The van der Waals surface area contributed by atoms with Crippen LogP contribution < -0.4 is 21.5 Å². The molecular weight excluding hydrogens is 456 g/mol. The Bertz CT molecular complexity index is 1380. The second kappa shape index (κ2) is 10.3. The van der Waals surface area contributed by atoms with Gasteiger partial charge in [-0.2, -0.15) is 9.97 Å². The number of aromatic amines is 1. The third kappa shape index (κ3) is 5.31. The highest BCUT2D eigenvalue weighted by molar-refractivity contribution is 7.99. The first-order chi connectivity index (χ1) is 16.5. The lowest BCUT2D eigenvalue weighted by Gasteiger charge is -2.10. The van der Waals surface area contributed by atoms with E-state index in [1.54, 1.807) is 29.5 Å². The number of hydrogen-bond acceptors (Lipinski definition) is 10. The first kappa shape index (κ1) is 23.2. The summed E-state index contributed by atoms with van der Waals surface area (Å²) in [6.45, 7) is 6.99. The molecule has 0 saturated heterocycles. The van der Waals surface area contributed by atoms with Crippen molar-refractivity contribution in [3.05, 3.63) is 46.4 Å². The van der Waals surface area contributed by atoms with E-state index in [2.05, 4.69) is 46.1 Å². The van der Waals surface area contributed by atoms with Crippen LogP contribution in [0.1, 0.15) is 19.5 Å². The fourth-order valence-electron chi connectivity index (χ4n) is 3.18. The van der Waals surface area contributed by atoms with Crippen molar-refractivity contribution >= 4 is 41.0 Å². The number of anilines is 3. The number of thioether (sulfide) groups is 1. The van der Waals surface area contributed by atoms with Gasteiger partial charge in [-0.3, -0.25) is 9.59 Å². The molecule has 0 fully saturated rings. The monoisotopic (exact) mass is 480 g/mol. The van der Waals surface area contributed by atoms with E-state index in [0.29, 0.717) is 58.7 Å². The number of aryl methyl sites for hydroxylation is 1. The van der Waals surface area contributed by atoms with Gasteiger partial charge < -0.3 is 20.9 Å². The molecule has 176 valence electrons. The number of carbonyl (C=O) groups is 1. The predicted octanol–water partition coefficient (Wildman–Crippen LogP) is 2.17. The number of aromatic nitrogens is 7. The molecule has 3 aromatic heterocycles. The third-order valence-electron chi connectivity index (χ3n) is 4.54. The zero-order valence-electron chi connectivity index (χ0n) is 18.9. The Morgan fingerprint density at radius 1 is 1.09 bits per heavy atom. The molecule has 34 heavy (non-hydrogen) atoms. The lowest BCUT2D eigenvalue weighted by molar-refractivity contribution is -0.113. The fraction of sp³-hybridized carbons (Fsp3) is 0.286. The van der Waals surface area contributed by atoms with E-state index in [1.807, 2.05) is 19.9 Å². The number of nitrogens with zero attached hydrogens (tertiary/aromatic N) is 6. The van der Waals surface area contributed by atoms with E-state index in [1.165, 1.54) is 17.8 Å². The molecule has 1 amide bonds. The number of carbonyl (C=O) groups excluding carboxylic acids is 1. The zero-order chi connectivity index (χ0) is 24.1. The Morgan fingerprint density at radius 3 is 2.68 bits per heavy atom. The van der Waals surface area contributed by atoms with Gasteiger partial charge in [-0.05, 0) is 32.9 Å². The Labute approximate surface area is 199 Å². The van der Waals surface area contributed by atoms with Gasteiger partial charge in [0.15, 0.2) is 5.16 Å². The lowest BCUT2D eigenvalue weighted by atomic mass is 10.2. The Morgan fingerprint density at radius 2 is 1.91 bits per heavy atom. The first-order valence-corrected chi connectivity index (χ1v) is 11.7. The Kier molecular flexibility index (Phi) is 7.01. The van der Waals surface area contributed by atoms with Crippen LogP contribution in [0.3, 0.4) is 0 Å². The maximum absolute atomic E-state index is 12.6. The number of rotatable bonds is 9. The van der Waals surface area contributed by atoms with Crippen LogP contribution in [0, 0.1) is 6.92 Å². The smallest absolute Gasteiger partial charge is 0.261 e. The summed E-state index contributed by atoms with van der Waals surface area (Å²) in [7, 11) is 0. The van der Waals surface area contributed by atoms with Crippen LogP contribution in [-0.2, 0) is 4.79 Å². The Hall–Kier alpha value is -4.00. The molecule has 0 unspecified atom stereocenters. The summed E-state index contributed by atoms with van der Waals surface area (Å²) in [5, 5.41) is 17.9. The van der Waals surface area contributed by atoms with Gasteiger partial charge in [-0.25, -0.2) is 9.38 Å². The summed E-state index contributed by atoms with van der Waals surface area (Å²) in [6, 6.07) is 8.55.